The van der Waals surface area contributed by atoms with E-state index in [9.17, 15) is 9.59 Å². The fourth-order valence-corrected chi connectivity index (χ4v) is 2.02. The maximum absolute atomic E-state index is 12.0. The first-order chi connectivity index (χ1) is 10.1. The second-order valence-electron chi connectivity index (χ2n) is 4.12. The molecular formula is C15H13BrN2O3. The lowest BCUT2D eigenvalue weighted by atomic mass is 10.2. The Hall–Kier alpha value is -2.21. The molecule has 108 valence electrons. The highest BCUT2D eigenvalue weighted by Crippen LogP contribution is 2.14. The highest BCUT2D eigenvalue weighted by molar-refractivity contribution is 9.10. The van der Waals surface area contributed by atoms with Crippen LogP contribution in [0.5, 0.6) is 0 Å². The summed E-state index contributed by atoms with van der Waals surface area (Å²) in [6.07, 6.45) is 1.54. The number of carbonyl (C=O) groups is 2. The third kappa shape index (κ3) is 4.13. The first-order valence-corrected chi connectivity index (χ1v) is 7.09. The van der Waals surface area contributed by atoms with Crippen LogP contribution in [0.4, 0.5) is 5.69 Å². The number of hydrogen-bond donors (Lipinski definition) is 1. The SMILES string of the molecule is CCOC(=O)c1ccc(NC(=O)c2ccnc(Br)c2)cc1. The van der Waals surface area contributed by atoms with Gasteiger partial charge in [0.1, 0.15) is 4.60 Å². The summed E-state index contributed by atoms with van der Waals surface area (Å²) in [4.78, 5) is 27.5. The maximum atomic E-state index is 12.0. The van der Waals surface area contributed by atoms with Gasteiger partial charge in [-0.05, 0) is 59.3 Å². The molecule has 1 heterocycles. The summed E-state index contributed by atoms with van der Waals surface area (Å²) >= 11 is 3.21. The number of nitrogens with zero attached hydrogens (tertiary/aromatic N) is 1. The van der Waals surface area contributed by atoms with Gasteiger partial charge in [0, 0.05) is 17.4 Å². The number of pyridine rings is 1. The van der Waals surface area contributed by atoms with E-state index in [2.05, 4.69) is 26.2 Å². The normalized spacial score (nSPS) is 10.0. The Kier molecular flexibility index (Phi) is 5.05. The van der Waals surface area contributed by atoms with Gasteiger partial charge in [-0.1, -0.05) is 0 Å². The molecule has 0 aliphatic carbocycles. The van der Waals surface area contributed by atoms with E-state index in [0.29, 0.717) is 28.0 Å². The molecular weight excluding hydrogens is 336 g/mol. The van der Waals surface area contributed by atoms with Crippen molar-refractivity contribution in [1.29, 1.82) is 0 Å². The van der Waals surface area contributed by atoms with Crippen LogP contribution >= 0.6 is 15.9 Å². The number of anilines is 1. The summed E-state index contributed by atoms with van der Waals surface area (Å²) in [6.45, 7) is 2.08. The number of carbonyl (C=O) groups excluding carboxylic acids is 2. The van der Waals surface area contributed by atoms with Crippen LogP contribution in [-0.2, 0) is 4.74 Å². The molecule has 21 heavy (non-hydrogen) atoms. The Morgan fingerprint density at radius 2 is 1.90 bits per heavy atom. The summed E-state index contributed by atoms with van der Waals surface area (Å²) in [5, 5.41) is 2.74. The van der Waals surface area contributed by atoms with E-state index in [1.165, 1.54) is 0 Å². The molecule has 2 aromatic rings. The Morgan fingerprint density at radius 3 is 2.52 bits per heavy atom. The molecule has 1 aromatic carbocycles. The smallest absolute Gasteiger partial charge is 0.338 e. The van der Waals surface area contributed by atoms with Crippen molar-refractivity contribution in [2.45, 2.75) is 6.92 Å². The first kappa shape index (κ1) is 15.2. The van der Waals surface area contributed by atoms with E-state index in [-0.39, 0.29) is 11.9 Å². The lowest BCUT2D eigenvalue weighted by Crippen LogP contribution is -2.12. The summed E-state index contributed by atoms with van der Waals surface area (Å²) in [7, 11) is 0. The summed E-state index contributed by atoms with van der Waals surface area (Å²) in [5.74, 6) is -0.629. The van der Waals surface area contributed by atoms with Gasteiger partial charge in [0.15, 0.2) is 0 Å². The van der Waals surface area contributed by atoms with Crippen LogP contribution < -0.4 is 5.32 Å². The number of nitrogens with one attached hydrogen (secondary N) is 1. The lowest BCUT2D eigenvalue weighted by Gasteiger charge is -2.06. The number of hydrogen-bond acceptors (Lipinski definition) is 4. The fourth-order valence-electron chi connectivity index (χ4n) is 1.65. The van der Waals surface area contributed by atoms with Gasteiger partial charge in [-0.2, -0.15) is 0 Å². The number of aromatic nitrogens is 1. The van der Waals surface area contributed by atoms with Crippen molar-refractivity contribution < 1.29 is 14.3 Å². The number of ether oxygens (including phenoxy) is 1. The molecule has 6 heteroatoms. The predicted molar refractivity (Wildman–Crippen MR) is 82.3 cm³/mol. The second-order valence-corrected chi connectivity index (χ2v) is 4.93. The highest BCUT2D eigenvalue weighted by atomic mass is 79.9. The number of rotatable bonds is 4. The Morgan fingerprint density at radius 1 is 1.19 bits per heavy atom. The quantitative estimate of drug-likeness (QED) is 0.680. The third-order valence-electron chi connectivity index (χ3n) is 2.64. The van der Waals surface area contributed by atoms with Gasteiger partial charge in [-0.3, -0.25) is 4.79 Å². The van der Waals surface area contributed by atoms with Crippen molar-refractivity contribution in [1.82, 2.24) is 4.98 Å². The molecule has 0 fully saturated rings. The molecule has 5 nitrogen and oxygen atoms in total. The molecule has 0 radical (unpaired) electrons. The van der Waals surface area contributed by atoms with Crippen molar-refractivity contribution >= 4 is 33.5 Å². The topological polar surface area (TPSA) is 68.3 Å². The minimum atomic E-state index is -0.381. The molecule has 2 rings (SSSR count). The minimum absolute atomic E-state index is 0.248. The monoisotopic (exact) mass is 348 g/mol. The molecule has 0 atom stereocenters. The predicted octanol–water partition coefficient (Wildman–Crippen LogP) is 3.27. The van der Waals surface area contributed by atoms with Crippen LogP contribution in [0.1, 0.15) is 27.6 Å². The van der Waals surface area contributed by atoms with Crippen molar-refractivity contribution in [3.8, 4) is 0 Å². The minimum Gasteiger partial charge on any atom is -0.462 e. The average Bonchev–Trinajstić information content (AvgIpc) is 2.48. The van der Waals surface area contributed by atoms with Crippen LogP contribution in [0.15, 0.2) is 47.2 Å². The van der Waals surface area contributed by atoms with Crippen LogP contribution in [0, 0.1) is 0 Å². The average molecular weight is 349 g/mol. The second kappa shape index (κ2) is 6.99. The standard InChI is InChI=1S/C15H13BrN2O3/c1-2-21-15(20)10-3-5-12(6-4-10)18-14(19)11-7-8-17-13(16)9-11/h3-9H,2H2,1H3,(H,18,19). The van der Waals surface area contributed by atoms with Crippen LogP contribution in [0.25, 0.3) is 0 Å². The molecule has 0 aliphatic rings. The van der Waals surface area contributed by atoms with E-state index in [1.54, 1.807) is 49.5 Å². The molecule has 0 spiro atoms. The van der Waals surface area contributed by atoms with Crippen molar-refractivity contribution in [2.75, 3.05) is 11.9 Å². The van der Waals surface area contributed by atoms with Gasteiger partial charge >= 0.3 is 5.97 Å². The number of halogens is 1. The molecule has 1 N–H and O–H groups in total. The number of esters is 1. The molecule has 0 saturated carbocycles. The Balaban J connectivity index is 2.06. The Labute approximate surface area is 130 Å². The zero-order valence-corrected chi connectivity index (χ0v) is 12.9. The van der Waals surface area contributed by atoms with Crippen LogP contribution in [0.2, 0.25) is 0 Å². The van der Waals surface area contributed by atoms with Gasteiger partial charge in [0.25, 0.3) is 5.91 Å². The summed E-state index contributed by atoms with van der Waals surface area (Å²) in [5.41, 5.74) is 1.54. The summed E-state index contributed by atoms with van der Waals surface area (Å²) in [6, 6.07) is 9.77. The third-order valence-corrected chi connectivity index (χ3v) is 3.08. The van der Waals surface area contributed by atoms with E-state index >= 15 is 0 Å². The molecule has 0 saturated heterocycles. The van der Waals surface area contributed by atoms with E-state index in [4.69, 9.17) is 4.74 Å². The van der Waals surface area contributed by atoms with Crippen molar-refractivity contribution in [3.05, 3.63) is 58.3 Å². The molecule has 0 unspecified atom stereocenters. The van der Waals surface area contributed by atoms with Gasteiger partial charge < -0.3 is 10.1 Å². The molecule has 0 bridgehead atoms. The zero-order chi connectivity index (χ0) is 15.2. The van der Waals surface area contributed by atoms with E-state index in [0.717, 1.165) is 0 Å². The fraction of sp³-hybridized carbons (Fsp3) is 0.133. The molecule has 1 amide bonds. The molecule has 0 aliphatic heterocycles. The number of amides is 1. The van der Waals surface area contributed by atoms with Gasteiger partial charge in [-0.15, -0.1) is 0 Å². The molecule has 1 aromatic heterocycles. The highest BCUT2D eigenvalue weighted by Gasteiger charge is 2.09. The van der Waals surface area contributed by atoms with Gasteiger partial charge in [0.2, 0.25) is 0 Å². The number of benzene rings is 1. The maximum Gasteiger partial charge on any atom is 0.338 e. The van der Waals surface area contributed by atoms with Crippen LogP contribution in [-0.4, -0.2) is 23.5 Å². The van der Waals surface area contributed by atoms with Crippen molar-refractivity contribution in [3.63, 3.8) is 0 Å². The van der Waals surface area contributed by atoms with E-state index in [1.807, 2.05) is 0 Å². The largest absolute Gasteiger partial charge is 0.462 e. The van der Waals surface area contributed by atoms with Gasteiger partial charge in [0.05, 0.1) is 12.2 Å². The Bertz CT molecular complexity index is 656. The van der Waals surface area contributed by atoms with Crippen LogP contribution in [0.3, 0.4) is 0 Å². The zero-order valence-electron chi connectivity index (χ0n) is 11.3. The lowest BCUT2D eigenvalue weighted by molar-refractivity contribution is 0.0526. The van der Waals surface area contributed by atoms with Gasteiger partial charge in [-0.25, -0.2) is 9.78 Å². The first-order valence-electron chi connectivity index (χ1n) is 6.30. The van der Waals surface area contributed by atoms with Crippen molar-refractivity contribution in [2.24, 2.45) is 0 Å². The van der Waals surface area contributed by atoms with E-state index < -0.39 is 0 Å². The summed E-state index contributed by atoms with van der Waals surface area (Å²) < 4.78 is 5.48.